The Labute approximate surface area is 156 Å². The minimum atomic E-state index is -0.531. The maximum Gasteiger partial charge on any atom is 0.338 e. The lowest BCUT2D eigenvalue weighted by Gasteiger charge is -2.28. The second-order valence-corrected chi connectivity index (χ2v) is 6.48. The van der Waals surface area contributed by atoms with Crippen molar-refractivity contribution in [3.63, 3.8) is 0 Å². The van der Waals surface area contributed by atoms with Crippen molar-refractivity contribution in [2.24, 2.45) is 0 Å². The zero-order chi connectivity index (χ0) is 18.9. The van der Waals surface area contributed by atoms with Gasteiger partial charge in [-0.05, 0) is 25.5 Å². The van der Waals surface area contributed by atoms with Crippen LogP contribution in [0.1, 0.15) is 20.3 Å². The summed E-state index contributed by atoms with van der Waals surface area (Å²) in [6, 6.07) is 8.57. The third-order valence-electron chi connectivity index (χ3n) is 3.62. The normalized spacial score (nSPS) is 16.5. The van der Waals surface area contributed by atoms with Gasteiger partial charge in [-0.3, -0.25) is 4.79 Å². The van der Waals surface area contributed by atoms with Crippen LogP contribution in [-0.4, -0.2) is 43.0 Å². The van der Waals surface area contributed by atoms with Gasteiger partial charge in [0.15, 0.2) is 0 Å². The number of hydrogen-bond donors (Lipinski definition) is 2. The van der Waals surface area contributed by atoms with Gasteiger partial charge in [0.2, 0.25) is 0 Å². The van der Waals surface area contributed by atoms with Crippen molar-refractivity contribution < 1.29 is 23.9 Å². The smallest absolute Gasteiger partial charge is 0.338 e. The van der Waals surface area contributed by atoms with Crippen LogP contribution >= 0.6 is 11.8 Å². The second kappa shape index (κ2) is 9.86. The Morgan fingerprint density at radius 2 is 1.88 bits per heavy atom. The molecule has 1 aromatic rings. The highest BCUT2D eigenvalue weighted by molar-refractivity contribution is 8.00. The molecule has 0 unspecified atom stereocenters. The summed E-state index contributed by atoms with van der Waals surface area (Å²) in [4.78, 5) is 36.9. The van der Waals surface area contributed by atoms with E-state index >= 15 is 0 Å². The number of nitrogens with one attached hydrogen (secondary N) is 2. The molecule has 1 heterocycles. The molecule has 0 aliphatic carbocycles. The first-order valence-electron chi connectivity index (χ1n) is 8.36. The van der Waals surface area contributed by atoms with E-state index in [0.29, 0.717) is 6.42 Å². The molecule has 26 heavy (non-hydrogen) atoms. The van der Waals surface area contributed by atoms with Crippen LogP contribution in [0.15, 0.2) is 46.5 Å². The molecule has 2 amide bonds. The molecule has 1 atom stereocenters. The number of urea groups is 1. The summed E-state index contributed by atoms with van der Waals surface area (Å²) < 4.78 is 10.3. The lowest BCUT2D eigenvalue weighted by atomic mass is 10.0. The Morgan fingerprint density at radius 3 is 2.54 bits per heavy atom. The molecule has 0 spiro atoms. The van der Waals surface area contributed by atoms with E-state index in [0.717, 1.165) is 4.90 Å². The first-order valence-corrected chi connectivity index (χ1v) is 9.34. The maximum atomic E-state index is 12.2. The fourth-order valence-corrected chi connectivity index (χ4v) is 3.15. The molecule has 7 nitrogen and oxygen atoms in total. The highest BCUT2D eigenvalue weighted by Crippen LogP contribution is 2.19. The largest absolute Gasteiger partial charge is 0.463 e. The van der Waals surface area contributed by atoms with Gasteiger partial charge in [-0.1, -0.05) is 25.1 Å². The van der Waals surface area contributed by atoms with Gasteiger partial charge in [-0.2, -0.15) is 0 Å². The predicted molar refractivity (Wildman–Crippen MR) is 97.5 cm³/mol. The third kappa shape index (κ3) is 5.52. The number of hydrogen-bond acceptors (Lipinski definition) is 6. The van der Waals surface area contributed by atoms with Crippen molar-refractivity contribution in [3.8, 4) is 0 Å². The summed E-state index contributed by atoms with van der Waals surface area (Å²) in [6.45, 7) is 3.57. The lowest BCUT2D eigenvalue weighted by Crippen LogP contribution is -2.51. The number of rotatable bonds is 8. The Morgan fingerprint density at radius 1 is 1.15 bits per heavy atom. The van der Waals surface area contributed by atoms with Crippen LogP contribution in [-0.2, 0) is 19.1 Å². The van der Waals surface area contributed by atoms with Gasteiger partial charge in [-0.25, -0.2) is 9.59 Å². The van der Waals surface area contributed by atoms with Crippen molar-refractivity contribution >= 4 is 29.7 Å². The van der Waals surface area contributed by atoms with E-state index in [2.05, 4.69) is 10.6 Å². The SMILES string of the molecule is CCOC(=O)C1=C(COC(=O)CSc2ccccc2)NC(=O)N[C@H]1CC. The Balaban J connectivity index is 2.01. The van der Waals surface area contributed by atoms with Crippen LogP contribution in [0.4, 0.5) is 4.79 Å². The number of benzene rings is 1. The van der Waals surface area contributed by atoms with Crippen LogP contribution in [0.5, 0.6) is 0 Å². The standard InChI is InChI=1S/C18H22N2O5S/c1-3-13-16(17(22)24-4-2)14(20-18(23)19-13)10-25-15(21)11-26-12-8-6-5-7-9-12/h5-9,13H,3-4,10-11H2,1-2H3,(H2,19,20,23)/t13-/m0/s1. The number of thioether (sulfide) groups is 1. The molecule has 0 bridgehead atoms. The topological polar surface area (TPSA) is 93.7 Å². The molecule has 0 radical (unpaired) electrons. The minimum absolute atomic E-state index is 0.134. The molecule has 0 saturated heterocycles. The van der Waals surface area contributed by atoms with Gasteiger partial charge < -0.3 is 20.1 Å². The van der Waals surface area contributed by atoms with Crippen molar-refractivity contribution in [1.29, 1.82) is 0 Å². The first-order chi connectivity index (χ1) is 12.5. The molecule has 0 aromatic heterocycles. The molecule has 0 saturated carbocycles. The average molecular weight is 378 g/mol. The van der Waals surface area contributed by atoms with Gasteiger partial charge >= 0.3 is 18.0 Å². The van der Waals surface area contributed by atoms with Gasteiger partial charge in [0.1, 0.15) is 6.61 Å². The fraction of sp³-hybridized carbons (Fsp3) is 0.389. The van der Waals surface area contributed by atoms with E-state index in [-0.39, 0.29) is 30.2 Å². The molecule has 1 aliphatic rings. The van der Waals surface area contributed by atoms with E-state index < -0.39 is 24.0 Å². The number of esters is 2. The Hall–Kier alpha value is -2.48. The van der Waals surface area contributed by atoms with Crippen LogP contribution in [0.2, 0.25) is 0 Å². The van der Waals surface area contributed by atoms with Crippen molar-refractivity contribution in [2.45, 2.75) is 31.2 Å². The molecular formula is C18H22N2O5S. The molecule has 2 N–H and O–H groups in total. The monoisotopic (exact) mass is 378 g/mol. The number of carbonyl (C=O) groups is 3. The van der Waals surface area contributed by atoms with Crippen LogP contribution in [0, 0.1) is 0 Å². The van der Waals surface area contributed by atoms with Gasteiger partial charge in [0, 0.05) is 4.90 Å². The minimum Gasteiger partial charge on any atom is -0.463 e. The highest BCUT2D eigenvalue weighted by atomic mass is 32.2. The summed E-state index contributed by atoms with van der Waals surface area (Å²) in [5, 5.41) is 5.21. The summed E-state index contributed by atoms with van der Waals surface area (Å²) in [5.41, 5.74) is 0.551. The molecule has 0 fully saturated rings. The molecule has 8 heteroatoms. The summed E-state index contributed by atoms with van der Waals surface area (Å²) in [6.07, 6.45) is 0.517. The third-order valence-corrected chi connectivity index (χ3v) is 4.61. The quantitative estimate of drug-likeness (QED) is 0.532. The van der Waals surface area contributed by atoms with E-state index in [1.807, 2.05) is 37.3 Å². The van der Waals surface area contributed by atoms with Crippen LogP contribution in [0.25, 0.3) is 0 Å². The second-order valence-electron chi connectivity index (χ2n) is 5.43. The fourth-order valence-electron chi connectivity index (χ4n) is 2.43. The summed E-state index contributed by atoms with van der Waals surface area (Å²) in [7, 11) is 0. The van der Waals surface area contributed by atoms with Crippen molar-refractivity contribution in [2.75, 3.05) is 19.0 Å². The molecule has 2 rings (SSSR count). The Kier molecular flexibility index (Phi) is 7.53. The van der Waals surface area contributed by atoms with E-state index in [1.165, 1.54) is 11.8 Å². The van der Waals surface area contributed by atoms with Crippen LogP contribution < -0.4 is 10.6 Å². The zero-order valence-corrected chi connectivity index (χ0v) is 15.6. The molecular weight excluding hydrogens is 356 g/mol. The maximum absolute atomic E-state index is 12.2. The molecule has 1 aromatic carbocycles. The van der Waals surface area contributed by atoms with Gasteiger partial charge in [0.05, 0.1) is 29.7 Å². The van der Waals surface area contributed by atoms with Crippen molar-refractivity contribution in [3.05, 3.63) is 41.6 Å². The van der Waals surface area contributed by atoms with Crippen molar-refractivity contribution in [1.82, 2.24) is 10.6 Å². The average Bonchev–Trinajstić information content (AvgIpc) is 2.65. The van der Waals surface area contributed by atoms with E-state index in [1.54, 1.807) is 6.92 Å². The molecule has 1 aliphatic heterocycles. The van der Waals surface area contributed by atoms with Gasteiger partial charge in [0.25, 0.3) is 0 Å². The highest BCUT2D eigenvalue weighted by Gasteiger charge is 2.31. The number of ether oxygens (including phenoxy) is 2. The Bertz CT molecular complexity index is 690. The van der Waals surface area contributed by atoms with E-state index in [4.69, 9.17) is 9.47 Å². The first kappa shape index (κ1) is 19.8. The molecule has 140 valence electrons. The number of amides is 2. The lowest BCUT2D eigenvalue weighted by molar-refractivity contribution is -0.141. The zero-order valence-electron chi connectivity index (χ0n) is 14.7. The van der Waals surface area contributed by atoms with Gasteiger partial charge in [-0.15, -0.1) is 11.8 Å². The summed E-state index contributed by atoms with van der Waals surface area (Å²) >= 11 is 1.35. The van der Waals surface area contributed by atoms with E-state index in [9.17, 15) is 14.4 Å². The summed E-state index contributed by atoms with van der Waals surface area (Å²) in [5.74, 6) is -0.831. The number of carbonyl (C=O) groups excluding carboxylic acids is 3. The predicted octanol–water partition coefficient (Wildman–Crippen LogP) is 2.23. The van der Waals surface area contributed by atoms with Crippen LogP contribution in [0.3, 0.4) is 0 Å².